The molecule has 0 radical (unpaired) electrons. The second kappa shape index (κ2) is 12.1. The van der Waals surface area contributed by atoms with E-state index in [4.69, 9.17) is 15.2 Å². The number of nitrogens with one attached hydrogen (secondary N) is 1. The first-order chi connectivity index (χ1) is 13.3. The molecule has 164 valence electrons. The zero-order chi connectivity index (χ0) is 20.6. The molecule has 1 fully saturated rings. The Morgan fingerprint density at radius 3 is 2.41 bits per heavy atom. The van der Waals surface area contributed by atoms with Gasteiger partial charge in [0.05, 0.1) is 7.11 Å². The molecule has 2 rings (SSSR count). The van der Waals surface area contributed by atoms with Gasteiger partial charge in [0.25, 0.3) is 0 Å². The highest BCUT2D eigenvalue weighted by atomic mass is 127. The van der Waals surface area contributed by atoms with E-state index in [1.807, 2.05) is 45.0 Å². The van der Waals surface area contributed by atoms with Crippen molar-refractivity contribution in [2.45, 2.75) is 45.6 Å². The second-order valence-electron chi connectivity index (χ2n) is 8.16. The van der Waals surface area contributed by atoms with Crippen LogP contribution in [0.5, 0.6) is 5.75 Å². The van der Waals surface area contributed by atoms with Crippen molar-refractivity contribution in [2.24, 2.45) is 16.6 Å². The third-order valence-electron chi connectivity index (χ3n) is 4.66. The molecule has 8 heteroatoms. The minimum atomic E-state index is -0.454. The Balaban J connectivity index is 0.00000420. The number of likely N-dealkylation sites (tertiary alicyclic amines) is 1. The van der Waals surface area contributed by atoms with Crippen molar-refractivity contribution in [3.63, 3.8) is 0 Å². The summed E-state index contributed by atoms with van der Waals surface area (Å²) in [5.74, 6) is 1.78. The highest BCUT2D eigenvalue weighted by molar-refractivity contribution is 14.0. The molecular formula is C21H35IN4O3. The third kappa shape index (κ3) is 9.56. The van der Waals surface area contributed by atoms with Crippen molar-refractivity contribution in [1.82, 2.24) is 10.2 Å². The number of aliphatic imine (C=N–C) groups is 1. The molecule has 0 bridgehead atoms. The molecule has 7 nitrogen and oxygen atoms in total. The van der Waals surface area contributed by atoms with E-state index in [9.17, 15) is 4.79 Å². The Hall–Kier alpha value is -1.71. The highest BCUT2D eigenvalue weighted by Crippen LogP contribution is 2.20. The summed E-state index contributed by atoms with van der Waals surface area (Å²) in [6, 6.07) is 8.01. The first-order valence-electron chi connectivity index (χ1n) is 9.91. The molecule has 1 amide bonds. The molecule has 1 aliphatic rings. The molecule has 29 heavy (non-hydrogen) atoms. The predicted molar refractivity (Wildman–Crippen MR) is 127 cm³/mol. The van der Waals surface area contributed by atoms with E-state index < -0.39 is 5.60 Å². The van der Waals surface area contributed by atoms with Crippen LogP contribution in [0.25, 0.3) is 0 Å². The Labute approximate surface area is 191 Å². The van der Waals surface area contributed by atoms with Gasteiger partial charge in [-0.25, -0.2) is 4.79 Å². The average molecular weight is 518 g/mol. The number of methoxy groups -OCH3 is 1. The van der Waals surface area contributed by atoms with Crippen molar-refractivity contribution < 1.29 is 14.3 Å². The molecule has 0 spiro atoms. The number of piperidine rings is 1. The normalized spacial score (nSPS) is 15.4. The molecule has 0 saturated carbocycles. The van der Waals surface area contributed by atoms with Gasteiger partial charge in [-0.05, 0) is 63.6 Å². The van der Waals surface area contributed by atoms with E-state index in [-0.39, 0.29) is 30.1 Å². The molecule has 1 aromatic carbocycles. The van der Waals surface area contributed by atoms with Crippen molar-refractivity contribution in [1.29, 1.82) is 0 Å². The monoisotopic (exact) mass is 518 g/mol. The molecule has 1 aromatic rings. The fraction of sp³-hybridized carbons (Fsp3) is 0.619. The first kappa shape index (κ1) is 25.3. The van der Waals surface area contributed by atoms with Crippen LogP contribution in [0.3, 0.4) is 0 Å². The van der Waals surface area contributed by atoms with Crippen LogP contribution in [0, 0.1) is 5.92 Å². The van der Waals surface area contributed by atoms with Gasteiger partial charge in [-0.1, -0.05) is 12.1 Å². The number of hydrogen-bond donors (Lipinski definition) is 2. The number of benzene rings is 1. The number of nitrogens with zero attached hydrogens (tertiary/aromatic N) is 2. The number of nitrogens with two attached hydrogens (primary N) is 1. The van der Waals surface area contributed by atoms with Crippen LogP contribution in [0.1, 0.15) is 39.2 Å². The number of guanidine groups is 1. The number of rotatable bonds is 6. The third-order valence-corrected chi connectivity index (χ3v) is 4.66. The smallest absolute Gasteiger partial charge is 0.410 e. The molecule has 0 atom stereocenters. The Morgan fingerprint density at radius 1 is 1.24 bits per heavy atom. The highest BCUT2D eigenvalue weighted by Gasteiger charge is 2.26. The number of ether oxygens (including phenoxy) is 2. The number of amides is 1. The molecule has 1 heterocycles. The molecule has 0 aromatic heterocycles. The van der Waals surface area contributed by atoms with Gasteiger partial charge in [0.1, 0.15) is 11.4 Å². The Bertz CT molecular complexity index is 651. The minimum Gasteiger partial charge on any atom is -0.497 e. The second-order valence-corrected chi connectivity index (χ2v) is 8.16. The van der Waals surface area contributed by atoms with E-state index in [2.05, 4.69) is 10.3 Å². The van der Waals surface area contributed by atoms with Crippen LogP contribution in [0.4, 0.5) is 4.79 Å². The lowest BCUT2D eigenvalue weighted by Crippen LogP contribution is -2.42. The van der Waals surface area contributed by atoms with Crippen LogP contribution in [-0.2, 0) is 11.2 Å². The van der Waals surface area contributed by atoms with Gasteiger partial charge in [-0.15, -0.1) is 24.0 Å². The zero-order valence-electron chi connectivity index (χ0n) is 17.9. The summed E-state index contributed by atoms with van der Waals surface area (Å²) < 4.78 is 10.6. The standard InChI is InChI=1S/C21H34N4O3.HI/c1-21(2,3)28-20(26)25-13-10-17(11-14-25)15-24-19(22)23-12-9-16-5-7-18(27-4)8-6-16;/h5-8,17H,9-15H2,1-4H3,(H3,22,23,24);1H. The van der Waals surface area contributed by atoms with Crippen molar-refractivity contribution in [2.75, 3.05) is 33.3 Å². The van der Waals surface area contributed by atoms with E-state index in [1.165, 1.54) is 5.56 Å². The van der Waals surface area contributed by atoms with E-state index in [0.717, 1.165) is 31.6 Å². The maximum Gasteiger partial charge on any atom is 0.410 e. The van der Waals surface area contributed by atoms with Gasteiger partial charge in [0.15, 0.2) is 5.96 Å². The minimum absolute atomic E-state index is 0. The lowest BCUT2D eigenvalue weighted by molar-refractivity contribution is 0.0187. The summed E-state index contributed by atoms with van der Waals surface area (Å²) in [4.78, 5) is 18.3. The maximum absolute atomic E-state index is 12.1. The SMILES string of the molecule is COc1ccc(CCNC(N)=NCC2CCN(C(=O)OC(C)(C)C)CC2)cc1.I. The quantitative estimate of drug-likeness (QED) is 0.343. The topological polar surface area (TPSA) is 89.2 Å². The van der Waals surface area contributed by atoms with Gasteiger partial charge >= 0.3 is 6.09 Å². The van der Waals surface area contributed by atoms with Crippen LogP contribution < -0.4 is 15.8 Å². The number of halogens is 1. The fourth-order valence-corrected chi connectivity index (χ4v) is 3.04. The Morgan fingerprint density at radius 2 is 1.86 bits per heavy atom. The summed E-state index contributed by atoms with van der Waals surface area (Å²) in [5, 5.41) is 3.16. The zero-order valence-corrected chi connectivity index (χ0v) is 20.3. The Kier molecular flexibility index (Phi) is 10.6. The lowest BCUT2D eigenvalue weighted by Gasteiger charge is -2.33. The average Bonchev–Trinajstić information content (AvgIpc) is 2.66. The fourth-order valence-electron chi connectivity index (χ4n) is 3.04. The van der Waals surface area contributed by atoms with Crippen molar-refractivity contribution >= 4 is 36.0 Å². The summed E-state index contributed by atoms with van der Waals surface area (Å²) in [6.45, 7) is 8.49. The molecule has 3 N–H and O–H groups in total. The van der Waals surface area contributed by atoms with Gasteiger partial charge in [0.2, 0.25) is 0 Å². The van der Waals surface area contributed by atoms with Crippen molar-refractivity contribution in [3.8, 4) is 5.75 Å². The number of hydrogen-bond acceptors (Lipinski definition) is 4. The lowest BCUT2D eigenvalue weighted by atomic mass is 9.97. The van der Waals surface area contributed by atoms with Crippen LogP contribution in [0.15, 0.2) is 29.3 Å². The van der Waals surface area contributed by atoms with Crippen LogP contribution >= 0.6 is 24.0 Å². The van der Waals surface area contributed by atoms with E-state index in [1.54, 1.807) is 12.0 Å². The van der Waals surface area contributed by atoms with Crippen molar-refractivity contribution in [3.05, 3.63) is 29.8 Å². The molecular weight excluding hydrogens is 483 g/mol. The molecule has 0 aliphatic carbocycles. The number of carbonyl (C=O) groups excluding carboxylic acids is 1. The van der Waals surface area contributed by atoms with Gasteiger partial charge in [-0.2, -0.15) is 0 Å². The van der Waals surface area contributed by atoms with Gasteiger partial charge in [-0.3, -0.25) is 4.99 Å². The molecule has 0 unspecified atom stereocenters. The summed E-state index contributed by atoms with van der Waals surface area (Å²) in [7, 11) is 1.66. The largest absolute Gasteiger partial charge is 0.497 e. The van der Waals surface area contributed by atoms with Crippen LogP contribution in [0.2, 0.25) is 0 Å². The maximum atomic E-state index is 12.1. The number of carbonyl (C=O) groups is 1. The first-order valence-corrected chi connectivity index (χ1v) is 9.91. The summed E-state index contributed by atoms with van der Waals surface area (Å²) in [5.41, 5.74) is 6.74. The summed E-state index contributed by atoms with van der Waals surface area (Å²) in [6.07, 6.45) is 2.48. The molecule has 1 saturated heterocycles. The van der Waals surface area contributed by atoms with E-state index in [0.29, 0.717) is 31.5 Å². The van der Waals surface area contributed by atoms with Gasteiger partial charge in [0, 0.05) is 26.2 Å². The van der Waals surface area contributed by atoms with Gasteiger partial charge < -0.3 is 25.4 Å². The van der Waals surface area contributed by atoms with E-state index >= 15 is 0 Å². The summed E-state index contributed by atoms with van der Waals surface area (Å²) >= 11 is 0. The molecule has 1 aliphatic heterocycles. The predicted octanol–water partition coefficient (Wildman–Crippen LogP) is 3.41. The van der Waals surface area contributed by atoms with Crippen LogP contribution in [-0.4, -0.2) is 55.8 Å².